The number of guanidine groups is 1. The van der Waals surface area contributed by atoms with Crippen LogP contribution in [0.5, 0.6) is 5.75 Å². The molecule has 30 heavy (non-hydrogen) atoms. The van der Waals surface area contributed by atoms with Gasteiger partial charge in [0.05, 0.1) is 7.11 Å². The molecule has 1 heterocycles. The molecular formula is C24H40N4O2. The summed E-state index contributed by atoms with van der Waals surface area (Å²) in [6, 6.07) is 6.68. The van der Waals surface area contributed by atoms with Gasteiger partial charge in [-0.25, -0.2) is 0 Å². The maximum absolute atomic E-state index is 12.6. The van der Waals surface area contributed by atoms with Crippen LogP contribution >= 0.6 is 0 Å². The second-order valence-electron chi connectivity index (χ2n) is 8.07. The molecule has 0 bridgehead atoms. The van der Waals surface area contributed by atoms with Crippen LogP contribution in [0.3, 0.4) is 0 Å². The summed E-state index contributed by atoms with van der Waals surface area (Å²) >= 11 is 0. The number of carbonyl (C=O) groups is 1. The molecule has 6 heteroatoms. The first-order valence-corrected chi connectivity index (χ1v) is 11.5. The van der Waals surface area contributed by atoms with Crippen molar-refractivity contribution in [1.82, 2.24) is 15.5 Å². The van der Waals surface area contributed by atoms with Gasteiger partial charge in [0.2, 0.25) is 5.91 Å². The van der Waals surface area contributed by atoms with Crippen molar-refractivity contribution in [3.05, 3.63) is 29.3 Å². The Morgan fingerprint density at radius 1 is 1.23 bits per heavy atom. The number of amides is 1. The smallest absolute Gasteiger partial charge is 0.225 e. The highest BCUT2D eigenvalue weighted by Crippen LogP contribution is 2.19. The van der Waals surface area contributed by atoms with E-state index in [4.69, 9.17) is 9.73 Å². The van der Waals surface area contributed by atoms with E-state index < -0.39 is 0 Å². The number of aryl methyl sites for hydroxylation is 1. The molecule has 1 aromatic carbocycles. The highest BCUT2D eigenvalue weighted by atomic mass is 16.5. The molecule has 2 N–H and O–H groups in total. The molecule has 1 aliphatic heterocycles. The minimum Gasteiger partial charge on any atom is -0.496 e. The van der Waals surface area contributed by atoms with Gasteiger partial charge in [-0.05, 0) is 63.1 Å². The zero-order valence-corrected chi connectivity index (χ0v) is 19.5. The van der Waals surface area contributed by atoms with Gasteiger partial charge in [0.25, 0.3) is 0 Å². The molecule has 0 aromatic heterocycles. The lowest BCUT2D eigenvalue weighted by atomic mass is 9.98. The fourth-order valence-corrected chi connectivity index (χ4v) is 3.97. The number of aliphatic imine (C=N–C) groups is 1. The summed E-state index contributed by atoms with van der Waals surface area (Å²) in [5.74, 6) is 2.29. The van der Waals surface area contributed by atoms with E-state index in [9.17, 15) is 4.79 Å². The third kappa shape index (κ3) is 6.92. The maximum Gasteiger partial charge on any atom is 0.225 e. The van der Waals surface area contributed by atoms with Gasteiger partial charge < -0.3 is 20.3 Å². The van der Waals surface area contributed by atoms with Crippen LogP contribution in [0.4, 0.5) is 0 Å². The predicted molar refractivity (Wildman–Crippen MR) is 124 cm³/mol. The number of hydrogen-bond acceptors (Lipinski definition) is 3. The molecular weight excluding hydrogens is 376 g/mol. The van der Waals surface area contributed by atoms with Crippen LogP contribution < -0.4 is 15.4 Å². The molecule has 0 atom stereocenters. The van der Waals surface area contributed by atoms with Crippen LogP contribution in [0, 0.1) is 12.8 Å². The van der Waals surface area contributed by atoms with E-state index in [2.05, 4.69) is 56.5 Å². The molecule has 0 saturated carbocycles. The first-order valence-electron chi connectivity index (χ1n) is 11.5. The van der Waals surface area contributed by atoms with Crippen molar-refractivity contribution >= 4 is 11.9 Å². The van der Waals surface area contributed by atoms with E-state index in [1.54, 1.807) is 7.11 Å². The number of rotatable bonds is 9. The first kappa shape index (κ1) is 24.0. The highest BCUT2D eigenvalue weighted by Gasteiger charge is 2.26. The van der Waals surface area contributed by atoms with Crippen molar-refractivity contribution < 1.29 is 9.53 Å². The van der Waals surface area contributed by atoms with Crippen molar-refractivity contribution in [2.45, 2.75) is 65.8 Å². The highest BCUT2D eigenvalue weighted by molar-refractivity contribution is 5.80. The van der Waals surface area contributed by atoms with Crippen molar-refractivity contribution in [1.29, 1.82) is 0 Å². The number of ether oxygens (including phenoxy) is 1. The molecule has 1 fully saturated rings. The number of benzene rings is 1. The van der Waals surface area contributed by atoms with Crippen LogP contribution in [-0.4, -0.2) is 56.1 Å². The number of hydrogen-bond donors (Lipinski definition) is 2. The fraction of sp³-hybridized carbons (Fsp3) is 0.667. The Labute approximate surface area is 182 Å². The Balaban J connectivity index is 1.86. The summed E-state index contributed by atoms with van der Waals surface area (Å²) in [5, 5.41) is 6.92. The summed E-state index contributed by atoms with van der Waals surface area (Å²) in [4.78, 5) is 19.4. The van der Waals surface area contributed by atoms with Crippen LogP contribution in [0.2, 0.25) is 0 Å². The second kappa shape index (κ2) is 12.5. The lowest BCUT2D eigenvalue weighted by molar-refractivity contribution is -0.136. The Hall–Kier alpha value is -2.24. The predicted octanol–water partition coefficient (Wildman–Crippen LogP) is 3.53. The standard InChI is InChI=1S/C24H40N4O2/c1-6-20(7-2)23(29)28-15-12-21(13-16-28)27-24(25-8-3)26-14-11-19-10-9-18(4)22(17-19)30-5/h9-10,17,20-21H,6-8,11-16H2,1-5H3,(H2,25,26,27). The number of nitrogens with one attached hydrogen (secondary N) is 2. The molecule has 168 valence electrons. The second-order valence-corrected chi connectivity index (χ2v) is 8.07. The molecule has 0 aliphatic carbocycles. The quantitative estimate of drug-likeness (QED) is 0.477. The van der Waals surface area contributed by atoms with Crippen LogP contribution in [0.1, 0.15) is 57.6 Å². The number of methoxy groups -OCH3 is 1. The summed E-state index contributed by atoms with van der Waals surface area (Å²) in [6.07, 6.45) is 4.65. The average molecular weight is 417 g/mol. The van der Waals surface area contributed by atoms with E-state index >= 15 is 0 Å². The minimum absolute atomic E-state index is 0.175. The Morgan fingerprint density at radius 3 is 2.53 bits per heavy atom. The molecule has 0 unspecified atom stereocenters. The van der Waals surface area contributed by atoms with Gasteiger partial charge in [-0.3, -0.25) is 9.79 Å². The topological polar surface area (TPSA) is 66.0 Å². The summed E-state index contributed by atoms with van der Waals surface area (Å²) in [5.41, 5.74) is 2.37. The summed E-state index contributed by atoms with van der Waals surface area (Å²) < 4.78 is 5.42. The number of likely N-dealkylation sites (tertiary alicyclic amines) is 1. The summed E-state index contributed by atoms with van der Waals surface area (Å²) in [7, 11) is 1.71. The molecule has 1 aliphatic rings. The van der Waals surface area contributed by atoms with Crippen molar-refractivity contribution in [2.75, 3.05) is 33.3 Å². The zero-order valence-electron chi connectivity index (χ0n) is 19.5. The molecule has 1 aromatic rings. The van der Waals surface area contributed by atoms with Gasteiger partial charge >= 0.3 is 0 Å². The third-order valence-electron chi connectivity index (χ3n) is 5.97. The Morgan fingerprint density at radius 2 is 1.93 bits per heavy atom. The van der Waals surface area contributed by atoms with Gasteiger partial charge in [-0.1, -0.05) is 26.0 Å². The van der Waals surface area contributed by atoms with Gasteiger partial charge in [-0.15, -0.1) is 0 Å². The first-order chi connectivity index (χ1) is 14.5. The van der Waals surface area contributed by atoms with E-state index in [0.29, 0.717) is 18.5 Å². The summed E-state index contributed by atoms with van der Waals surface area (Å²) in [6.45, 7) is 11.5. The van der Waals surface area contributed by atoms with E-state index in [1.165, 1.54) is 5.56 Å². The fourth-order valence-electron chi connectivity index (χ4n) is 3.97. The largest absolute Gasteiger partial charge is 0.496 e. The van der Waals surface area contributed by atoms with E-state index in [0.717, 1.165) is 69.0 Å². The number of nitrogens with zero attached hydrogens (tertiary/aromatic N) is 2. The van der Waals surface area contributed by atoms with Crippen LogP contribution in [0.15, 0.2) is 23.2 Å². The maximum atomic E-state index is 12.6. The molecule has 0 radical (unpaired) electrons. The lowest BCUT2D eigenvalue weighted by Crippen LogP contribution is -2.50. The molecule has 6 nitrogen and oxygen atoms in total. The molecule has 1 saturated heterocycles. The van der Waals surface area contributed by atoms with Crippen LogP contribution in [-0.2, 0) is 11.2 Å². The molecule has 2 rings (SSSR count). The number of carbonyl (C=O) groups excluding carboxylic acids is 1. The lowest BCUT2D eigenvalue weighted by Gasteiger charge is -2.34. The van der Waals surface area contributed by atoms with Gasteiger partial charge in [-0.2, -0.15) is 0 Å². The van der Waals surface area contributed by atoms with E-state index in [1.807, 2.05) is 4.90 Å². The average Bonchev–Trinajstić information content (AvgIpc) is 2.76. The van der Waals surface area contributed by atoms with Crippen molar-refractivity contribution in [3.8, 4) is 5.75 Å². The van der Waals surface area contributed by atoms with E-state index in [-0.39, 0.29) is 5.92 Å². The van der Waals surface area contributed by atoms with Gasteiger partial charge in [0.15, 0.2) is 5.96 Å². The monoisotopic (exact) mass is 416 g/mol. The van der Waals surface area contributed by atoms with Gasteiger partial charge in [0.1, 0.15) is 5.75 Å². The van der Waals surface area contributed by atoms with Gasteiger partial charge in [0, 0.05) is 38.1 Å². The Bertz CT molecular complexity index is 692. The van der Waals surface area contributed by atoms with Crippen LogP contribution in [0.25, 0.3) is 0 Å². The minimum atomic E-state index is 0.175. The van der Waals surface area contributed by atoms with Crippen molar-refractivity contribution in [3.63, 3.8) is 0 Å². The third-order valence-corrected chi connectivity index (χ3v) is 5.97. The normalized spacial score (nSPS) is 15.4. The SMILES string of the molecule is CCNC(=NCCc1ccc(C)c(OC)c1)NC1CCN(C(=O)C(CC)CC)CC1. The number of piperidine rings is 1. The molecule has 1 amide bonds. The zero-order chi connectivity index (χ0) is 21.9. The van der Waals surface area contributed by atoms with Crippen molar-refractivity contribution in [2.24, 2.45) is 10.9 Å². The molecule has 0 spiro atoms. The Kier molecular flexibility index (Phi) is 9.98.